The molecular formula is C23H27NO. The standard InChI is InChI=1S/C23H27NO/c1-14-15(2)17(4)23(16(14)3)20-10-8-7-9-19(20)21-13-18(24(5)6)11-12-22(21)25/h7-13,23,25H,1-6H3. The van der Waals surface area contributed by atoms with Gasteiger partial charge in [0.1, 0.15) is 5.75 Å². The molecule has 1 N–H and O–H groups in total. The molecule has 3 rings (SSSR count). The van der Waals surface area contributed by atoms with Crippen LogP contribution < -0.4 is 4.90 Å². The fourth-order valence-electron chi connectivity index (χ4n) is 3.83. The Morgan fingerprint density at radius 1 is 0.800 bits per heavy atom. The smallest absolute Gasteiger partial charge is 0.123 e. The van der Waals surface area contributed by atoms with Crippen molar-refractivity contribution in [3.8, 4) is 16.9 Å². The van der Waals surface area contributed by atoms with E-state index in [-0.39, 0.29) is 0 Å². The molecule has 2 heteroatoms. The zero-order chi connectivity index (χ0) is 18.3. The van der Waals surface area contributed by atoms with E-state index in [1.165, 1.54) is 27.9 Å². The molecule has 0 fully saturated rings. The predicted molar refractivity (Wildman–Crippen MR) is 107 cm³/mol. The van der Waals surface area contributed by atoms with Crippen LogP contribution in [-0.4, -0.2) is 19.2 Å². The summed E-state index contributed by atoms with van der Waals surface area (Å²) in [5.41, 5.74) is 9.95. The third-order valence-electron chi connectivity index (χ3n) is 5.67. The number of hydrogen-bond acceptors (Lipinski definition) is 2. The normalized spacial score (nSPS) is 15.3. The lowest BCUT2D eigenvalue weighted by Gasteiger charge is -2.21. The van der Waals surface area contributed by atoms with Crippen LogP contribution in [0.15, 0.2) is 64.8 Å². The van der Waals surface area contributed by atoms with E-state index in [9.17, 15) is 5.11 Å². The average Bonchev–Trinajstić information content (AvgIpc) is 2.78. The minimum Gasteiger partial charge on any atom is -0.507 e. The second kappa shape index (κ2) is 6.44. The van der Waals surface area contributed by atoms with Crippen LogP contribution in [0.1, 0.15) is 39.2 Å². The fraction of sp³-hybridized carbons (Fsp3) is 0.304. The number of allylic oxidation sites excluding steroid dienone is 4. The zero-order valence-corrected chi connectivity index (χ0v) is 16.0. The van der Waals surface area contributed by atoms with E-state index in [1.807, 2.05) is 26.2 Å². The van der Waals surface area contributed by atoms with Gasteiger partial charge in [0.25, 0.3) is 0 Å². The Morgan fingerprint density at radius 2 is 1.40 bits per heavy atom. The molecule has 1 aliphatic carbocycles. The number of anilines is 1. The molecule has 0 spiro atoms. The summed E-state index contributed by atoms with van der Waals surface area (Å²) in [7, 11) is 4.04. The number of nitrogens with zero attached hydrogens (tertiary/aromatic N) is 1. The first-order valence-corrected chi connectivity index (χ1v) is 8.77. The van der Waals surface area contributed by atoms with Crippen LogP contribution in [0, 0.1) is 0 Å². The van der Waals surface area contributed by atoms with Gasteiger partial charge >= 0.3 is 0 Å². The van der Waals surface area contributed by atoms with Crippen molar-refractivity contribution in [3.63, 3.8) is 0 Å². The molecule has 1 aliphatic rings. The SMILES string of the molecule is CC1=C(C)C(c2ccccc2-c2cc(N(C)C)ccc2O)C(C)=C1C. The number of hydrogen-bond donors (Lipinski definition) is 1. The van der Waals surface area contributed by atoms with Crippen molar-refractivity contribution in [1.82, 2.24) is 0 Å². The van der Waals surface area contributed by atoms with Crippen LogP contribution in [0.4, 0.5) is 5.69 Å². The van der Waals surface area contributed by atoms with Crippen LogP contribution in [0.3, 0.4) is 0 Å². The first-order chi connectivity index (χ1) is 11.8. The lowest BCUT2D eigenvalue weighted by Crippen LogP contribution is -2.08. The monoisotopic (exact) mass is 333 g/mol. The molecule has 2 aromatic rings. The maximum atomic E-state index is 10.5. The van der Waals surface area contributed by atoms with Crippen molar-refractivity contribution in [2.45, 2.75) is 33.6 Å². The summed E-state index contributed by atoms with van der Waals surface area (Å²) in [6, 6.07) is 14.3. The number of phenols is 1. The topological polar surface area (TPSA) is 23.5 Å². The van der Waals surface area contributed by atoms with Crippen molar-refractivity contribution in [2.24, 2.45) is 0 Å². The molecule has 0 aromatic heterocycles. The Kier molecular flexibility index (Phi) is 4.47. The Morgan fingerprint density at radius 3 is 2.00 bits per heavy atom. The molecule has 0 aliphatic heterocycles. The molecule has 2 nitrogen and oxygen atoms in total. The summed E-state index contributed by atoms with van der Waals surface area (Å²) in [5, 5.41) is 10.5. The van der Waals surface area contributed by atoms with Gasteiger partial charge in [-0.3, -0.25) is 0 Å². The largest absolute Gasteiger partial charge is 0.507 e. The van der Waals surface area contributed by atoms with Gasteiger partial charge < -0.3 is 10.0 Å². The summed E-state index contributed by atoms with van der Waals surface area (Å²) >= 11 is 0. The average molecular weight is 333 g/mol. The van der Waals surface area contributed by atoms with E-state index in [1.54, 1.807) is 6.07 Å². The molecule has 0 saturated carbocycles. The van der Waals surface area contributed by atoms with Crippen molar-refractivity contribution < 1.29 is 5.11 Å². The Hall–Kier alpha value is -2.48. The zero-order valence-electron chi connectivity index (χ0n) is 16.0. The van der Waals surface area contributed by atoms with Crippen molar-refractivity contribution >= 4 is 5.69 Å². The van der Waals surface area contributed by atoms with Crippen LogP contribution in [0.5, 0.6) is 5.75 Å². The Bertz CT molecular complexity index is 863. The lowest BCUT2D eigenvalue weighted by molar-refractivity contribution is 0.477. The fourth-order valence-corrected chi connectivity index (χ4v) is 3.83. The number of phenolic OH excluding ortho intramolecular Hbond substituents is 1. The Labute approximate surface area is 151 Å². The predicted octanol–water partition coefficient (Wildman–Crippen LogP) is 5.90. The van der Waals surface area contributed by atoms with Crippen LogP contribution in [0.2, 0.25) is 0 Å². The van der Waals surface area contributed by atoms with E-state index < -0.39 is 0 Å². The molecule has 0 atom stereocenters. The molecular weight excluding hydrogens is 306 g/mol. The molecule has 0 amide bonds. The van der Waals surface area contributed by atoms with Gasteiger partial charge in [0.2, 0.25) is 0 Å². The summed E-state index contributed by atoms with van der Waals surface area (Å²) in [6.07, 6.45) is 0. The van der Waals surface area contributed by atoms with E-state index in [4.69, 9.17) is 0 Å². The highest BCUT2D eigenvalue weighted by atomic mass is 16.3. The molecule has 25 heavy (non-hydrogen) atoms. The number of rotatable bonds is 3. The van der Waals surface area contributed by atoms with Crippen LogP contribution in [0.25, 0.3) is 11.1 Å². The van der Waals surface area contributed by atoms with Crippen molar-refractivity contribution in [3.05, 3.63) is 70.3 Å². The van der Waals surface area contributed by atoms with Gasteiger partial charge in [-0.1, -0.05) is 35.4 Å². The van der Waals surface area contributed by atoms with Crippen molar-refractivity contribution in [1.29, 1.82) is 0 Å². The van der Waals surface area contributed by atoms with Gasteiger partial charge in [-0.25, -0.2) is 0 Å². The highest BCUT2D eigenvalue weighted by Crippen LogP contribution is 2.47. The van der Waals surface area contributed by atoms with Crippen molar-refractivity contribution in [2.75, 3.05) is 19.0 Å². The molecule has 130 valence electrons. The van der Waals surface area contributed by atoms with Gasteiger partial charge in [0.15, 0.2) is 0 Å². The summed E-state index contributed by atoms with van der Waals surface area (Å²) in [5.74, 6) is 0.617. The second-order valence-corrected chi connectivity index (χ2v) is 7.23. The van der Waals surface area contributed by atoms with Gasteiger partial charge in [-0.15, -0.1) is 0 Å². The Balaban J connectivity index is 2.21. The molecule has 2 aromatic carbocycles. The molecule has 0 unspecified atom stereocenters. The highest BCUT2D eigenvalue weighted by Gasteiger charge is 2.28. The van der Waals surface area contributed by atoms with E-state index in [0.29, 0.717) is 11.7 Å². The maximum absolute atomic E-state index is 10.5. The van der Waals surface area contributed by atoms with Gasteiger partial charge in [0.05, 0.1) is 0 Å². The lowest BCUT2D eigenvalue weighted by atomic mass is 9.84. The quantitative estimate of drug-likeness (QED) is 0.756. The van der Waals surface area contributed by atoms with E-state index in [2.05, 4.69) is 56.9 Å². The summed E-state index contributed by atoms with van der Waals surface area (Å²) in [4.78, 5) is 2.06. The van der Waals surface area contributed by atoms with E-state index in [0.717, 1.165) is 16.8 Å². The van der Waals surface area contributed by atoms with Gasteiger partial charge in [-0.2, -0.15) is 0 Å². The minimum absolute atomic E-state index is 0.290. The van der Waals surface area contributed by atoms with E-state index >= 15 is 0 Å². The van der Waals surface area contributed by atoms with Crippen LogP contribution >= 0.6 is 0 Å². The molecule has 0 radical (unpaired) electrons. The van der Waals surface area contributed by atoms with Crippen LogP contribution in [-0.2, 0) is 0 Å². The van der Waals surface area contributed by atoms with Gasteiger partial charge in [-0.05, 0) is 68.2 Å². The first kappa shape index (κ1) is 17.3. The second-order valence-electron chi connectivity index (χ2n) is 7.23. The van der Waals surface area contributed by atoms with Gasteiger partial charge in [0, 0.05) is 31.3 Å². The molecule has 0 saturated heterocycles. The minimum atomic E-state index is 0.290. The summed E-state index contributed by atoms with van der Waals surface area (Å²) in [6.45, 7) is 8.88. The summed E-state index contributed by atoms with van der Waals surface area (Å²) < 4.78 is 0. The maximum Gasteiger partial charge on any atom is 0.123 e. The first-order valence-electron chi connectivity index (χ1n) is 8.77. The third kappa shape index (κ3) is 2.86. The molecule has 0 bridgehead atoms. The third-order valence-corrected chi connectivity index (χ3v) is 5.67. The number of benzene rings is 2. The highest BCUT2D eigenvalue weighted by molar-refractivity contribution is 5.78. The molecule has 0 heterocycles. The number of aromatic hydroxyl groups is 1.